The van der Waals surface area contributed by atoms with E-state index in [9.17, 15) is 9.59 Å². The highest BCUT2D eigenvalue weighted by Crippen LogP contribution is 2.20. The van der Waals surface area contributed by atoms with Crippen LogP contribution in [0.25, 0.3) is 0 Å². The van der Waals surface area contributed by atoms with Crippen molar-refractivity contribution < 1.29 is 9.59 Å². The molecule has 2 amide bonds. The Balaban J connectivity index is 1.76. The monoisotopic (exact) mass is 310 g/mol. The van der Waals surface area contributed by atoms with E-state index in [1.165, 1.54) is 34.2 Å². The first-order valence-corrected chi connectivity index (χ1v) is 6.83. The summed E-state index contributed by atoms with van der Waals surface area (Å²) in [7, 11) is 0. The van der Waals surface area contributed by atoms with E-state index in [1.54, 1.807) is 24.5 Å². The fourth-order valence-corrected chi connectivity index (χ4v) is 1.96. The largest absolute Gasteiger partial charge is 0.331 e. The molecule has 1 aromatic carbocycles. The first kappa shape index (κ1) is 14.5. The molecule has 0 saturated heterocycles. The van der Waals surface area contributed by atoms with Gasteiger partial charge in [0.05, 0.1) is 0 Å². The van der Waals surface area contributed by atoms with Crippen molar-refractivity contribution in [2.75, 3.05) is 10.6 Å². The minimum absolute atomic E-state index is 0.330. The number of nitrogens with one attached hydrogen (secondary N) is 2. The summed E-state index contributed by atoms with van der Waals surface area (Å²) >= 11 is 0. The summed E-state index contributed by atoms with van der Waals surface area (Å²) in [6.45, 7) is 1.87. The Bertz CT molecular complexity index is 824. The minimum atomic E-state index is -0.335. The van der Waals surface area contributed by atoms with Gasteiger partial charge in [-0.25, -0.2) is 19.6 Å². The van der Waals surface area contributed by atoms with Crippen molar-refractivity contribution in [1.82, 2.24) is 19.1 Å². The number of aryl methyl sites for hydroxylation is 1. The summed E-state index contributed by atoms with van der Waals surface area (Å²) in [5.74, 6) is 0. The van der Waals surface area contributed by atoms with Gasteiger partial charge in [0.15, 0.2) is 0 Å². The maximum Gasteiger partial charge on any atom is 0.331 e. The van der Waals surface area contributed by atoms with Crippen molar-refractivity contribution in [2.45, 2.75) is 6.92 Å². The minimum Gasteiger partial charge on any atom is -0.307 e. The Morgan fingerprint density at radius 1 is 0.957 bits per heavy atom. The van der Waals surface area contributed by atoms with E-state index < -0.39 is 0 Å². The van der Waals surface area contributed by atoms with Gasteiger partial charge < -0.3 is 10.6 Å². The Morgan fingerprint density at radius 2 is 1.57 bits per heavy atom. The van der Waals surface area contributed by atoms with Crippen LogP contribution < -0.4 is 10.6 Å². The van der Waals surface area contributed by atoms with Crippen LogP contribution in [0.3, 0.4) is 0 Å². The summed E-state index contributed by atoms with van der Waals surface area (Å²) in [6.07, 6.45) is 8.96. The first-order chi connectivity index (χ1) is 11.1. The van der Waals surface area contributed by atoms with Gasteiger partial charge in [-0.1, -0.05) is 6.07 Å². The second-order valence-corrected chi connectivity index (χ2v) is 4.83. The molecule has 23 heavy (non-hydrogen) atoms. The molecule has 3 rings (SSSR count). The zero-order valence-corrected chi connectivity index (χ0v) is 12.3. The van der Waals surface area contributed by atoms with Crippen molar-refractivity contribution in [3.8, 4) is 0 Å². The van der Waals surface area contributed by atoms with Crippen LogP contribution in [0.1, 0.15) is 5.56 Å². The number of rotatable bonds is 2. The molecule has 3 aromatic rings. The van der Waals surface area contributed by atoms with Crippen LogP contribution in [0.15, 0.2) is 55.6 Å². The number of carbonyl (C=O) groups excluding carboxylic acids is 2. The van der Waals surface area contributed by atoms with E-state index >= 15 is 0 Å². The van der Waals surface area contributed by atoms with Crippen LogP contribution in [0, 0.1) is 6.92 Å². The molecule has 0 bridgehead atoms. The second kappa shape index (κ2) is 6.14. The average molecular weight is 310 g/mol. The molecule has 0 radical (unpaired) electrons. The molecule has 116 valence electrons. The maximum absolute atomic E-state index is 12.1. The summed E-state index contributed by atoms with van der Waals surface area (Å²) < 4.78 is 2.65. The molecule has 2 heterocycles. The predicted octanol–water partition coefficient (Wildman–Crippen LogP) is 2.55. The lowest BCUT2D eigenvalue weighted by molar-refractivity contribution is 0.252. The molecule has 2 aromatic heterocycles. The fraction of sp³-hybridized carbons (Fsp3) is 0.0667. The van der Waals surface area contributed by atoms with E-state index in [4.69, 9.17) is 0 Å². The third-order valence-electron chi connectivity index (χ3n) is 3.21. The molecule has 0 aliphatic rings. The fourth-order valence-electron chi connectivity index (χ4n) is 1.96. The molecule has 0 fully saturated rings. The zero-order chi connectivity index (χ0) is 16.2. The highest BCUT2D eigenvalue weighted by atomic mass is 16.2. The Morgan fingerprint density at radius 3 is 2.13 bits per heavy atom. The highest BCUT2D eigenvalue weighted by molar-refractivity contribution is 5.94. The molecule has 0 spiro atoms. The number of anilines is 2. The van der Waals surface area contributed by atoms with Gasteiger partial charge >= 0.3 is 12.1 Å². The van der Waals surface area contributed by atoms with Crippen LogP contribution in [-0.4, -0.2) is 31.2 Å². The molecule has 0 unspecified atom stereocenters. The highest BCUT2D eigenvalue weighted by Gasteiger charge is 2.09. The van der Waals surface area contributed by atoms with E-state index in [1.807, 2.05) is 13.0 Å². The Hall–Kier alpha value is -3.42. The van der Waals surface area contributed by atoms with Gasteiger partial charge in [-0.05, 0) is 24.6 Å². The number of hydrogen-bond acceptors (Lipinski definition) is 4. The molecule has 8 heteroatoms. The van der Waals surface area contributed by atoms with Gasteiger partial charge in [-0.3, -0.25) is 9.13 Å². The third kappa shape index (κ3) is 3.26. The smallest absolute Gasteiger partial charge is 0.307 e. The average Bonchev–Trinajstić information content (AvgIpc) is 3.23. The summed E-state index contributed by atoms with van der Waals surface area (Å²) in [6, 6.07) is 4.60. The maximum atomic E-state index is 12.1. The van der Waals surface area contributed by atoms with Crippen LogP contribution in [0.2, 0.25) is 0 Å². The standard InChI is InChI=1S/C15H14N6O2/c1-11-2-3-12(18-14(22)20-6-4-16-9-20)8-13(11)19-15(23)21-7-5-17-10-21/h2-10H,1H3,(H,18,22)(H,19,23). The van der Waals surface area contributed by atoms with Gasteiger partial charge in [-0.2, -0.15) is 0 Å². The molecule has 0 aliphatic carbocycles. The van der Waals surface area contributed by atoms with Gasteiger partial charge in [-0.15, -0.1) is 0 Å². The van der Waals surface area contributed by atoms with Crippen molar-refractivity contribution in [3.63, 3.8) is 0 Å². The van der Waals surface area contributed by atoms with Crippen LogP contribution >= 0.6 is 0 Å². The number of hydrogen-bond donors (Lipinski definition) is 2. The first-order valence-electron chi connectivity index (χ1n) is 6.83. The van der Waals surface area contributed by atoms with E-state index in [0.717, 1.165) is 5.56 Å². The molecule has 8 nitrogen and oxygen atoms in total. The Labute approximate surface area is 131 Å². The molecule has 0 saturated carbocycles. The molecule has 2 N–H and O–H groups in total. The number of carbonyl (C=O) groups is 2. The van der Waals surface area contributed by atoms with E-state index in [-0.39, 0.29) is 12.1 Å². The van der Waals surface area contributed by atoms with Crippen molar-refractivity contribution in [1.29, 1.82) is 0 Å². The molecule has 0 atom stereocenters. The van der Waals surface area contributed by atoms with Crippen LogP contribution in [0.5, 0.6) is 0 Å². The lowest BCUT2D eigenvalue weighted by Crippen LogP contribution is -2.20. The number of aromatic nitrogens is 4. The second-order valence-electron chi connectivity index (χ2n) is 4.83. The predicted molar refractivity (Wildman–Crippen MR) is 84.5 cm³/mol. The number of imidazole rings is 2. The van der Waals surface area contributed by atoms with Crippen LogP contribution in [-0.2, 0) is 0 Å². The third-order valence-corrected chi connectivity index (χ3v) is 3.21. The normalized spacial score (nSPS) is 10.3. The van der Waals surface area contributed by atoms with E-state index in [2.05, 4.69) is 20.6 Å². The van der Waals surface area contributed by atoms with E-state index in [0.29, 0.717) is 11.4 Å². The lowest BCUT2D eigenvalue weighted by Gasteiger charge is -2.11. The van der Waals surface area contributed by atoms with Gasteiger partial charge in [0, 0.05) is 36.2 Å². The topological polar surface area (TPSA) is 93.8 Å². The van der Waals surface area contributed by atoms with Crippen molar-refractivity contribution in [2.24, 2.45) is 0 Å². The van der Waals surface area contributed by atoms with Gasteiger partial charge in [0.2, 0.25) is 0 Å². The molecular formula is C15H14N6O2. The summed E-state index contributed by atoms with van der Waals surface area (Å²) in [5, 5.41) is 5.51. The summed E-state index contributed by atoms with van der Waals surface area (Å²) in [5.41, 5.74) is 2.04. The van der Waals surface area contributed by atoms with Gasteiger partial charge in [0.1, 0.15) is 12.7 Å². The summed E-state index contributed by atoms with van der Waals surface area (Å²) in [4.78, 5) is 31.7. The quantitative estimate of drug-likeness (QED) is 0.760. The lowest BCUT2D eigenvalue weighted by atomic mass is 10.2. The number of benzene rings is 1. The van der Waals surface area contributed by atoms with Crippen LogP contribution in [0.4, 0.5) is 21.0 Å². The SMILES string of the molecule is Cc1ccc(NC(=O)n2ccnc2)cc1NC(=O)n1ccnc1. The number of nitrogens with zero attached hydrogens (tertiary/aromatic N) is 4. The number of amides is 2. The molecule has 0 aliphatic heterocycles. The van der Waals surface area contributed by atoms with Crippen molar-refractivity contribution in [3.05, 3.63) is 61.2 Å². The zero-order valence-electron chi connectivity index (χ0n) is 12.3. The van der Waals surface area contributed by atoms with Gasteiger partial charge in [0.25, 0.3) is 0 Å². The Kier molecular flexibility index (Phi) is 3.88. The van der Waals surface area contributed by atoms with Crippen molar-refractivity contribution >= 4 is 23.4 Å². The molecular weight excluding hydrogens is 296 g/mol.